The van der Waals surface area contributed by atoms with E-state index in [-0.39, 0.29) is 0 Å². The molecule has 0 saturated heterocycles. The number of nitrogens with two attached hydrogens (primary N) is 1. The van der Waals surface area contributed by atoms with Gasteiger partial charge in [0.15, 0.2) is 0 Å². The average molecular weight is 259 g/mol. The van der Waals surface area contributed by atoms with Crippen LogP contribution in [0.15, 0.2) is 24.3 Å². The van der Waals surface area contributed by atoms with Crippen molar-refractivity contribution in [3.63, 3.8) is 0 Å². The number of benzene rings is 1. The van der Waals surface area contributed by atoms with Crippen molar-refractivity contribution in [2.45, 2.75) is 26.2 Å². The highest BCUT2D eigenvalue weighted by Gasteiger charge is 2.13. The van der Waals surface area contributed by atoms with Crippen LogP contribution in [0.25, 0.3) is 11.3 Å². The second kappa shape index (κ2) is 5.89. The predicted molar refractivity (Wildman–Crippen MR) is 77.4 cm³/mol. The highest BCUT2D eigenvalue weighted by molar-refractivity contribution is 5.63. The van der Waals surface area contributed by atoms with Crippen LogP contribution in [-0.4, -0.2) is 23.6 Å². The zero-order valence-corrected chi connectivity index (χ0v) is 11.7. The lowest BCUT2D eigenvalue weighted by Gasteiger charge is -2.05. The van der Waals surface area contributed by atoms with Gasteiger partial charge in [0.1, 0.15) is 11.6 Å². The third kappa shape index (κ3) is 2.96. The molecule has 0 amide bonds. The zero-order valence-electron chi connectivity index (χ0n) is 11.7. The number of H-pyrrole nitrogens is 1. The number of hydrogen-bond donors (Lipinski definition) is 2. The maximum atomic E-state index is 5.60. The lowest BCUT2D eigenvalue weighted by Crippen LogP contribution is -2.05. The molecule has 0 bridgehead atoms. The molecule has 1 unspecified atom stereocenters. The quantitative estimate of drug-likeness (QED) is 0.867. The molecule has 0 aliphatic carbocycles. The molecule has 0 saturated carbocycles. The van der Waals surface area contributed by atoms with Crippen LogP contribution >= 0.6 is 0 Å². The summed E-state index contributed by atoms with van der Waals surface area (Å²) in [5, 5.41) is 0. The van der Waals surface area contributed by atoms with Crippen molar-refractivity contribution < 1.29 is 4.74 Å². The van der Waals surface area contributed by atoms with Gasteiger partial charge in [-0.1, -0.05) is 19.1 Å². The summed E-state index contributed by atoms with van der Waals surface area (Å²) in [4.78, 5) is 8.07. The van der Waals surface area contributed by atoms with Crippen LogP contribution in [-0.2, 0) is 0 Å². The molecule has 0 aliphatic rings. The van der Waals surface area contributed by atoms with E-state index in [4.69, 9.17) is 15.5 Å². The molecular weight excluding hydrogens is 238 g/mol. The normalized spacial score (nSPS) is 12.4. The van der Waals surface area contributed by atoms with Gasteiger partial charge in [0.05, 0.1) is 12.8 Å². The average Bonchev–Trinajstić information content (AvgIpc) is 2.81. The Morgan fingerprint density at radius 1 is 1.42 bits per heavy atom. The highest BCUT2D eigenvalue weighted by Crippen LogP contribution is 2.27. The maximum absolute atomic E-state index is 5.60. The number of ether oxygens (including phenoxy) is 1. The highest BCUT2D eigenvalue weighted by atomic mass is 16.5. The second-order valence-corrected chi connectivity index (χ2v) is 4.81. The first-order valence-electron chi connectivity index (χ1n) is 6.56. The molecule has 0 radical (unpaired) electrons. The van der Waals surface area contributed by atoms with Crippen molar-refractivity contribution in [2.75, 3.05) is 13.7 Å². The van der Waals surface area contributed by atoms with E-state index in [1.54, 1.807) is 7.11 Å². The number of aryl methyl sites for hydroxylation is 1. The topological polar surface area (TPSA) is 63.9 Å². The van der Waals surface area contributed by atoms with Crippen LogP contribution in [0, 0.1) is 6.92 Å². The minimum atomic E-state index is 0.350. The van der Waals surface area contributed by atoms with Gasteiger partial charge in [0.25, 0.3) is 0 Å². The molecular formula is C15H21N3O. The number of nitrogens with one attached hydrogen (secondary N) is 1. The minimum absolute atomic E-state index is 0.350. The van der Waals surface area contributed by atoms with Crippen molar-refractivity contribution in [2.24, 2.45) is 5.73 Å². The Morgan fingerprint density at radius 2 is 2.21 bits per heavy atom. The SMILES string of the molecule is COc1cccc(-c2nc(C(C)CCN)[nH]c2C)c1. The summed E-state index contributed by atoms with van der Waals surface area (Å²) in [6, 6.07) is 7.96. The standard InChI is InChI=1S/C15H21N3O/c1-10(7-8-16)15-17-11(2)14(18-15)12-5-4-6-13(9-12)19-3/h4-6,9-10H,7-8,16H2,1-3H3,(H,17,18). The van der Waals surface area contributed by atoms with Gasteiger partial charge in [0.2, 0.25) is 0 Å². The molecule has 0 spiro atoms. The van der Waals surface area contributed by atoms with Gasteiger partial charge in [-0.2, -0.15) is 0 Å². The number of hydrogen-bond acceptors (Lipinski definition) is 3. The summed E-state index contributed by atoms with van der Waals surface area (Å²) in [5.41, 5.74) is 8.73. The molecule has 4 nitrogen and oxygen atoms in total. The smallest absolute Gasteiger partial charge is 0.119 e. The summed E-state index contributed by atoms with van der Waals surface area (Å²) in [6.45, 7) is 4.86. The molecule has 1 atom stereocenters. The molecule has 4 heteroatoms. The molecule has 2 rings (SSSR count). The van der Waals surface area contributed by atoms with Gasteiger partial charge in [0, 0.05) is 17.2 Å². The first kappa shape index (κ1) is 13.6. The third-order valence-electron chi connectivity index (χ3n) is 3.31. The van der Waals surface area contributed by atoms with Crippen molar-refractivity contribution in [1.82, 2.24) is 9.97 Å². The lowest BCUT2D eigenvalue weighted by molar-refractivity contribution is 0.415. The van der Waals surface area contributed by atoms with Crippen LogP contribution < -0.4 is 10.5 Å². The van der Waals surface area contributed by atoms with Crippen LogP contribution in [0.5, 0.6) is 5.75 Å². The van der Waals surface area contributed by atoms with Gasteiger partial charge in [-0.15, -0.1) is 0 Å². The molecule has 19 heavy (non-hydrogen) atoms. The van der Waals surface area contributed by atoms with E-state index in [0.29, 0.717) is 12.5 Å². The number of nitrogens with zero attached hydrogens (tertiary/aromatic N) is 1. The Hall–Kier alpha value is -1.81. The molecule has 102 valence electrons. The molecule has 2 aromatic rings. The van der Waals surface area contributed by atoms with Crippen LogP contribution in [0.4, 0.5) is 0 Å². The summed E-state index contributed by atoms with van der Waals surface area (Å²) in [5.74, 6) is 2.19. The van der Waals surface area contributed by atoms with Crippen molar-refractivity contribution >= 4 is 0 Å². The molecule has 0 aliphatic heterocycles. The summed E-state index contributed by atoms with van der Waals surface area (Å²) >= 11 is 0. The fourth-order valence-electron chi connectivity index (χ4n) is 2.16. The monoisotopic (exact) mass is 259 g/mol. The summed E-state index contributed by atoms with van der Waals surface area (Å²) in [7, 11) is 1.67. The van der Waals surface area contributed by atoms with E-state index in [1.807, 2.05) is 31.2 Å². The van der Waals surface area contributed by atoms with E-state index < -0.39 is 0 Å². The van der Waals surface area contributed by atoms with E-state index >= 15 is 0 Å². The lowest BCUT2D eigenvalue weighted by atomic mass is 10.1. The first-order chi connectivity index (χ1) is 9.15. The number of aromatic amines is 1. The number of methoxy groups -OCH3 is 1. The fourth-order valence-corrected chi connectivity index (χ4v) is 2.16. The predicted octanol–water partition coefficient (Wildman–Crippen LogP) is 2.85. The van der Waals surface area contributed by atoms with Gasteiger partial charge >= 0.3 is 0 Å². The molecule has 1 aromatic heterocycles. The minimum Gasteiger partial charge on any atom is -0.497 e. The van der Waals surface area contributed by atoms with Crippen molar-refractivity contribution in [3.8, 4) is 17.0 Å². The fraction of sp³-hybridized carbons (Fsp3) is 0.400. The molecule has 3 N–H and O–H groups in total. The van der Waals surface area contributed by atoms with Gasteiger partial charge in [-0.3, -0.25) is 0 Å². The Bertz CT molecular complexity index is 548. The number of rotatable bonds is 5. The number of aromatic nitrogens is 2. The van der Waals surface area contributed by atoms with Crippen molar-refractivity contribution in [1.29, 1.82) is 0 Å². The third-order valence-corrected chi connectivity index (χ3v) is 3.31. The maximum Gasteiger partial charge on any atom is 0.119 e. The second-order valence-electron chi connectivity index (χ2n) is 4.81. The first-order valence-corrected chi connectivity index (χ1v) is 6.56. The van der Waals surface area contributed by atoms with E-state index in [9.17, 15) is 0 Å². The Kier molecular flexibility index (Phi) is 4.22. The largest absolute Gasteiger partial charge is 0.497 e. The van der Waals surface area contributed by atoms with E-state index in [0.717, 1.165) is 34.9 Å². The van der Waals surface area contributed by atoms with Crippen LogP contribution in [0.3, 0.4) is 0 Å². The van der Waals surface area contributed by atoms with Gasteiger partial charge < -0.3 is 15.5 Å². The Labute approximate surface area is 114 Å². The van der Waals surface area contributed by atoms with Crippen LogP contribution in [0.2, 0.25) is 0 Å². The van der Waals surface area contributed by atoms with E-state index in [1.165, 1.54) is 0 Å². The number of imidazole rings is 1. The Morgan fingerprint density at radius 3 is 2.89 bits per heavy atom. The van der Waals surface area contributed by atoms with E-state index in [2.05, 4.69) is 11.9 Å². The van der Waals surface area contributed by atoms with Crippen molar-refractivity contribution in [3.05, 3.63) is 35.8 Å². The molecule has 1 heterocycles. The molecule has 1 aromatic carbocycles. The summed E-state index contributed by atoms with van der Waals surface area (Å²) < 4.78 is 5.25. The zero-order chi connectivity index (χ0) is 13.8. The summed E-state index contributed by atoms with van der Waals surface area (Å²) in [6.07, 6.45) is 0.935. The van der Waals surface area contributed by atoms with Gasteiger partial charge in [-0.25, -0.2) is 4.98 Å². The molecule has 0 fully saturated rings. The Balaban J connectivity index is 2.34. The van der Waals surface area contributed by atoms with Crippen LogP contribution in [0.1, 0.15) is 30.8 Å². The van der Waals surface area contributed by atoms with Gasteiger partial charge in [-0.05, 0) is 32.0 Å².